The summed E-state index contributed by atoms with van der Waals surface area (Å²) >= 11 is 0. The second-order valence-electron chi connectivity index (χ2n) is 5.65. The lowest BCUT2D eigenvalue weighted by Gasteiger charge is -2.32. The minimum Gasteiger partial charge on any atom is -0.467 e. The van der Waals surface area contributed by atoms with E-state index in [1.165, 1.54) is 0 Å². The van der Waals surface area contributed by atoms with Crippen LogP contribution in [0.1, 0.15) is 39.5 Å². The first-order valence-corrected chi connectivity index (χ1v) is 6.38. The second-order valence-corrected chi connectivity index (χ2v) is 5.65. The lowest BCUT2D eigenvalue weighted by Crippen LogP contribution is -2.38. The van der Waals surface area contributed by atoms with Crippen molar-refractivity contribution >= 4 is 6.09 Å². The Hall–Kier alpha value is -1.71. The van der Waals surface area contributed by atoms with E-state index in [-0.39, 0.29) is 18.1 Å². The van der Waals surface area contributed by atoms with Crippen LogP contribution >= 0.6 is 0 Å². The number of ether oxygens (including phenoxy) is 1. The quantitative estimate of drug-likeness (QED) is 0.772. The van der Waals surface area contributed by atoms with E-state index in [9.17, 15) is 4.79 Å². The zero-order valence-electron chi connectivity index (χ0n) is 12.3. The highest BCUT2D eigenvalue weighted by atomic mass is 16.6. The number of amides is 1. The molecule has 0 aliphatic heterocycles. The summed E-state index contributed by atoms with van der Waals surface area (Å²) in [5.74, 6) is 0.782. The molecule has 0 unspecified atom stereocenters. The molecule has 1 aromatic heterocycles. The van der Waals surface area contributed by atoms with Crippen LogP contribution in [0, 0.1) is 5.92 Å². The van der Waals surface area contributed by atoms with Gasteiger partial charge in [-0.1, -0.05) is 13.0 Å². The Labute approximate surface area is 115 Å². The van der Waals surface area contributed by atoms with Gasteiger partial charge in [-0.3, -0.25) is 0 Å². The van der Waals surface area contributed by atoms with E-state index in [4.69, 9.17) is 9.15 Å². The van der Waals surface area contributed by atoms with E-state index >= 15 is 0 Å². The molecule has 1 aromatic rings. The smallest absolute Gasteiger partial charge is 0.410 e. The molecule has 19 heavy (non-hydrogen) atoms. The molecule has 0 aromatic carbocycles. The van der Waals surface area contributed by atoms with Crippen molar-refractivity contribution in [3.05, 3.63) is 36.8 Å². The van der Waals surface area contributed by atoms with Crippen molar-refractivity contribution in [3.63, 3.8) is 0 Å². The van der Waals surface area contributed by atoms with Gasteiger partial charge in [0.25, 0.3) is 0 Å². The first-order valence-electron chi connectivity index (χ1n) is 6.38. The van der Waals surface area contributed by atoms with E-state index in [1.807, 2.05) is 33.8 Å². The average Bonchev–Trinajstić information content (AvgIpc) is 2.80. The molecule has 1 amide bonds. The van der Waals surface area contributed by atoms with Gasteiger partial charge >= 0.3 is 6.09 Å². The zero-order chi connectivity index (χ0) is 14.6. The monoisotopic (exact) mass is 265 g/mol. The Morgan fingerprint density at radius 3 is 2.58 bits per heavy atom. The van der Waals surface area contributed by atoms with E-state index in [0.29, 0.717) is 0 Å². The molecular formula is C15H23NO3. The molecule has 0 fully saturated rings. The number of carbonyl (C=O) groups excluding carboxylic acids is 1. The number of carbonyl (C=O) groups is 1. The number of hydrogen-bond acceptors (Lipinski definition) is 3. The largest absolute Gasteiger partial charge is 0.467 e. The molecule has 4 nitrogen and oxygen atoms in total. The summed E-state index contributed by atoms with van der Waals surface area (Å²) in [7, 11) is 1.71. The Kier molecular flexibility index (Phi) is 4.81. The highest BCUT2D eigenvalue weighted by Crippen LogP contribution is 2.29. The summed E-state index contributed by atoms with van der Waals surface area (Å²) in [6.45, 7) is 11.3. The van der Waals surface area contributed by atoms with E-state index in [2.05, 4.69) is 6.58 Å². The maximum absolute atomic E-state index is 12.1. The minimum absolute atomic E-state index is 0.0590. The fourth-order valence-corrected chi connectivity index (χ4v) is 1.84. The van der Waals surface area contributed by atoms with E-state index in [0.717, 1.165) is 5.76 Å². The number of nitrogens with zero attached hydrogens (tertiary/aromatic N) is 1. The first kappa shape index (κ1) is 15.3. The van der Waals surface area contributed by atoms with Crippen LogP contribution in [-0.2, 0) is 4.74 Å². The van der Waals surface area contributed by atoms with Crippen LogP contribution in [-0.4, -0.2) is 23.6 Å². The lowest BCUT2D eigenvalue weighted by atomic mass is 9.99. The summed E-state index contributed by atoms with van der Waals surface area (Å²) in [5.41, 5.74) is -0.517. The maximum atomic E-state index is 12.1. The normalized spacial score (nSPS) is 14.6. The van der Waals surface area contributed by atoms with Crippen molar-refractivity contribution in [2.24, 2.45) is 5.92 Å². The highest BCUT2D eigenvalue weighted by Gasteiger charge is 2.30. The Bertz CT molecular complexity index is 417. The van der Waals surface area contributed by atoms with Crippen LogP contribution in [0.2, 0.25) is 0 Å². The summed E-state index contributed by atoms with van der Waals surface area (Å²) in [6.07, 6.45) is 3.03. The Balaban J connectivity index is 2.93. The molecule has 2 atom stereocenters. The van der Waals surface area contributed by atoms with Crippen molar-refractivity contribution in [2.45, 2.75) is 39.3 Å². The highest BCUT2D eigenvalue weighted by molar-refractivity contribution is 5.68. The molecule has 0 radical (unpaired) electrons. The van der Waals surface area contributed by atoms with Gasteiger partial charge < -0.3 is 14.1 Å². The van der Waals surface area contributed by atoms with Crippen LogP contribution in [0.25, 0.3) is 0 Å². The van der Waals surface area contributed by atoms with Crippen LogP contribution in [0.4, 0.5) is 4.79 Å². The number of hydrogen-bond donors (Lipinski definition) is 0. The number of furan rings is 1. The Morgan fingerprint density at radius 2 is 2.16 bits per heavy atom. The Morgan fingerprint density at radius 1 is 1.53 bits per heavy atom. The molecule has 4 heteroatoms. The fraction of sp³-hybridized carbons (Fsp3) is 0.533. The molecule has 0 spiro atoms. The molecule has 0 saturated carbocycles. The van der Waals surface area contributed by atoms with E-state index in [1.54, 1.807) is 30.4 Å². The van der Waals surface area contributed by atoms with Gasteiger partial charge in [0, 0.05) is 13.0 Å². The van der Waals surface area contributed by atoms with Gasteiger partial charge in [-0.05, 0) is 32.9 Å². The van der Waals surface area contributed by atoms with Gasteiger partial charge in [-0.15, -0.1) is 6.58 Å². The molecule has 0 N–H and O–H groups in total. The minimum atomic E-state index is -0.517. The van der Waals surface area contributed by atoms with Gasteiger partial charge in [-0.2, -0.15) is 0 Å². The third-order valence-electron chi connectivity index (χ3n) is 2.80. The third-order valence-corrected chi connectivity index (χ3v) is 2.80. The van der Waals surface area contributed by atoms with Gasteiger partial charge in [-0.25, -0.2) is 4.79 Å². The summed E-state index contributed by atoms with van der Waals surface area (Å²) in [4.78, 5) is 13.7. The summed E-state index contributed by atoms with van der Waals surface area (Å²) in [5, 5.41) is 0. The molecule has 0 bridgehead atoms. The van der Waals surface area contributed by atoms with Gasteiger partial charge in [0.15, 0.2) is 0 Å². The van der Waals surface area contributed by atoms with Crippen LogP contribution in [0.5, 0.6) is 0 Å². The standard InChI is InChI=1S/C15H23NO3/c1-7-11(2)13(12-9-8-10-18-12)16(6)14(17)19-15(3,4)5/h7-11,13H,1H2,2-6H3/t11-,13+/m1/s1. The molecule has 0 saturated heterocycles. The fourth-order valence-electron chi connectivity index (χ4n) is 1.84. The van der Waals surface area contributed by atoms with Gasteiger partial charge in [0.05, 0.1) is 12.3 Å². The zero-order valence-corrected chi connectivity index (χ0v) is 12.3. The number of rotatable bonds is 4. The van der Waals surface area contributed by atoms with Crippen molar-refractivity contribution in [1.82, 2.24) is 4.90 Å². The second kappa shape index (κ2) is 5.95. The lowest BCUT2D eigenvalue weighted by molar-refractivity contribution is 0.0165. The van der Waals surface area contributed by atoms with Crippen molar-refractivity contribution in [3.8, 4) is 0 Å². The van der Waals surface area contributed by atoms with Crippen molar-refractivity contribution in [2.75, 3.05) is 7.05 Å². The first-order chi connectivity index (χ1) is 8.76. The predicted octanol–water partition coefficient (Wildman–Crippen LogP) is 4.01. The van der Waals surface area contributed by atoms with Gasteiger partial charge in [0.1, 0.15) is 11.4 Å². The third kappa shape index (κ3) is 4.16. The molecule has 0 aliphatic rings. The van der Waals surface area contributed by atoms with Crippen LogP contribution in [0.3, 0.4) is 0 Å². The van der Waals surface area contributed by atoms with Crippen molar-refractivity contribution < 1.29 is 13.9 Å². The molecule has 1 rings (SSSR count). The molecule has 106 valence electrons. The predicted molar refractivity (Wildman–Crippen MR) is 74.8 cm³/mol. The molecule has 1 heterocycles. The summed E-state index contributed by atoms with van der Waals surface area (Å²) < 4.78 is 10.8. The van der Waals surface area contributed by atoms with Crippen LogP contribution in [0.15, 0.2) is 35.5 Å². The maximum Gasteiger partial charge on any atom is 0.410 e. The average molecular weight is 265 g/mol. The van der Waals surface area contributed by atoms with E-state index < -0.39 is 5.60 Å². The van der Waals surface area contributed by atoms with Crippen molar-refractivity contribution in [1.29, 1.82) is 0 Å². The topological polar surface area (TPSA) is 42.7 Å². The SMILES string of the molecule is C=C[C@@H](C)[C@@H](c1ccco1)N(C)C(=O)OC(C)(C)C. The summed E-state index contributed by atoms with van der Waals surface area (Å²) in [6, 6.07) is 3.44. The van der Waals surface area contributed by atoms with Gasteiger partial charge in [0.2, 0.25) is 0 Å². The molecular weight excluding hydrogens is 242 g/mol. The molecule has 0 aliphatic carbocycles. The van der Waals surface area contributed by atoms with Crippen LogP contribution < -0.4 is 0 Å².